The molecule has 24 heavy (non-hydrogen) atoms. The number of hydrogen-bond donors (Lipinski definition) is 0. The number of carbonyl (C=O) groups excluding carboxylic acids is 1. The maximum Gasteiger partial charge on any atom is 0.332 e. The van der Waals surface area contributed by atoms with Crippen LogP contribution in [0.4, 0.5) is 5.95 Å². The van der Waals surface area contributed by atoms with Gasteiger partial charge in [0.2, 0.25) is 5.95 Å². The summed E-state index contributed by atoms with van der Waals surface area (Å²) in [5.41, 5.74) is 0.516. The summed E-state index contributed by atoms with van der Waals surface area (Å²) in [5, 5.41) is 5.99. The number of nitrogens with zero attached hydrogens (tertiary/aromatic N) is 6. The van der Waals surface area contributed by atoms with Crippen molar-refractivity contribution in [3.8, 4) is 0 Å². The second-order valence-corrected chi connectivity index (χ2v) is 6.21. The molecule has 0 N–H and O–H groups in total. The van der Waals surface area contributed by atoms with Crippen LogP contribution in [0.15, 0.2) is 14.7 Å². The van der Waals surface area contributed by atoms with E-state index in [4.69, 9.17) is 0 Å². The number of imidazole rings is 1. The Balaban J connectivity index is 2.45. The van der Waals surface area contributed by atoms with E-state index in [0.717, 1.165) is 10.3 Å². The molecule has 0 radical (unpaired) electrons. The van der Waals surface area contributed by atoms with Crippen molar-refractivity contribution in [1.82, 2.24) is 18.7 Å². The zero-order valence-electron chi connectivity index (χ0n) is 14.6. The number of aryl methyl sites for hydroxylation is 1. The number of ketones is 1. The first-order valence-corrected chi connectivity index (χ1v) is 7.69. The summed E-state index contributed by atoms with van der Waals surface area (Å²) in [6.45, 7) is 6.96. The number of hydrogen-bond acceptors (Lipinski definition) is 6. The molecule has 2 aromatic heterocycles. The molecule has 0 unspecified atom stereocenters. The molecular weight excluding hydrogens is 312 g/mol. The van der Waals surface area contributed by atoms with Gasteiger partial charge >= 0.3 is 5.69 Å². The van der Waals surface area contributed by atoms with Gasteiger partial charge in [-0.15, -0.1) is 0 Å². The lowest BCUT2D eigenvalue weighted by molar-refractivity contribution is -0.118. The predicted octanol–water partition coefficient (Wildman–Crippen LogP) is 0.168. The van der Waals surface area contributed by atoms with Crippen molar-refractivity contribution in [2.24, 2.45) is 19.2 Å². The van der Waals surface area contributed by atoms with Gasteiger partial charge in [-0.2, -0.15) is 10.1 Å². The minimum Gasteiger partial charge on any atom is -0.298 e. The molecule has 0 aromatic carbocycles. The highest BCUT2D eigenvalue weighted by Gasteiger charge is 2.33. The smallest absolute Gasteiger partial charge is 0.298 e. The van der Waals surface area contributed by atoms with E-state index in [1.165, 1.54) is 23.5 Å². The van der Waals surface area contributed by atoms with Crippen molar-refractivity contribution in [3.63, 3.8) is 0 Å². The lowest BCUT2D eigenvalue weighted by atomic mass is 10.2. The summed E-state index contributed by atoms with van der Waals surface area (Å²) in [5.74, 6) is 0.325. The summed E-state index contributed by atoms with van der Waals surface area (Å²) in [4.78, 5) is 41.1. The van der Waals surface area contributed by atoms with E-state index in [2.05, 4.69) is 10.1 Å². The summed E-state index contributed by atoms with van der Waals surface area (Å²) >= 11 is 0. The van der Waals surface area contributed by atoms with E-state index in [1.54, 1.807) is 18.5 Å². The molecule has 3 heterocycles. The molecular formula is C15H20N6O3. The summed E-state index contributed by atoms with van der Waals surface area (Å²) in [6, 6.07) is -0.727. The molecule has 2 aromatic rings. The predicted molar refractivity (Wildman–Crippen MR) is 90.7 cm³/mol. The first-order chi connectivity index (χ1) is 11.2. The van der Waals surface area contributed by atoms with Crippen molar-refractivity contribution in [2.75, 3.05) is 5.01 Å². The number of rotatable bonds is 2. The van der Waals surface area contributed by atoms with Gasteiger partial charge < -0.3 is 0 Å². The Morgan fingerprint density at radius 2 is 1.83 bits per heavy atom. The number of anilines is 1. The van der Waals surface area contributed by atoms with Gasteiger partial charge in [-0.25, -0.2) is 9.80 Å². The number of Topliss-reactive ketones (excluding diaryl/α,β-unsaturated/α-hetero) is 1. The highest BCUT2D eigenvalue weighted by Crippen LogP contribution is 2.31. The first kappa shape index (κ1) is 16.2. The van der Waals surface area contributed by atoms with Crippen molar-refractivity contribution < 1.29 is 4.79 Å². The fraction of sp³-hybridized carbons (Fsp3) is 0.533. The zero-order valence-corrected chi connectivity index (χ0v) is 14.6. The number of aromatic nitrogens is 4. The fourth-order valence-electron chi connectivity index (χ4n) is 2.85. The Morgan fingerprint density at radius 3 is 2.42 bits per heavy atom. The Kier molecular flexibility index (Phi) is 3.47. The molecule has 0 amide bonds. The van der Waals surface area contributed by atoms with Gasteiger partial charge in [0, 0.05) is 14.1 Å². The van der Waals surface area contributed by atoms with Crippen molar-refractivity contribution in [3.05, 3.63) is 20.8 Å². The van der Waals surface area contributed by atoms with E-state index in [-0.39, 0.29) is 17.5 Å². The van der Waals surface area contributed by atoms with Gasteiger partial charge in [0.25, 0.3) is 5.56 Å². The summed E-state index contributed by atoms with van der Waals surface area (Å²) < 4.78 is 4.14. The number of fused-ring (bicyclic) bond motifs is 3. The van der Waals surface area contributed by atoms with Crippen molar-refractivity contribution >= 4 is 28.6 Å². The maximum absolute atomic E-state index is 12.7. The quantitative estimate of drug-likeness (QED) is 0.781. The first-order valence-electron chi connectivity index (χ1n) is 7.69. The molecule has 128 valence electrons. The third-order valence-electron chi connectivity index (χ3n) is 4.69. The molecule has 0 bridgehead atoms. The molecule has 0 spiro atoms. The Hall–Kier alpha value is -2.71. The van der Waals surface area contributed by atoms with Crippen LogP contribution in [0.3, 0.4) is 0 Å². The molecule has 9 heteroatoms. The van der Waals surface area contributed by atoms with Gasteiger partial charge in [0.1, 0.15) is 6.04 Å². The minimum atomic E-state index is -0.524. The van der Waals surface area contributed by atoms with Crippen molar-refractivity contribution in [1.29, 1.82) is 0 Å². The van der Waals surface area contributed by atoms with Crippen LogP contribution in [0.5, 0.6) is 0 Å². The Bertz CT molecular complexity index is 1010. The van der Waals surface area contributed by atoms with Gasteiger partial charge in [-0.05, 0) is 27.7 Å². The molecule has 0 fully saturated rings. The van der Waals surface area contributed by atoms with E-state index >= 15 is 0 Å². The van der Waals surface area contributed by atoms with E-state index in [9.17, 15) is 14.4 Å². The van der Waals surface area contributed by atoms with Gasteiger partial charge in [-0.1, -0.05) is 0 Å². The lowest BCUT2D eigenvalue weighted by Gasteiger charge is -2.31. The molecule has 3 rings (SSSR count). The molecule has 0 saturated heterocycles. The molecule has 1 aliphatic heterocycles. The van der Waals surface area contributed by atoms with Crippen LogP contribution in [-0.4, -0.2) is 36.2 Å². The minimum absolute atomic E-state index is 0.0681. The number of hydrazone groups is 1. The Morgan fingerprint density at radius 1 is 1.21 bits per heavy atom. The SMILES string of the molecule is CC(=O)[C@H](C)N1N=C(C)[C@@H](C)n2c1nc1c2c(=O)n(C)c(=O)n1C. The van der Waals surface area contributed by atoms with Crippen LogP contribution in [0, 0.1) is 0 Å². The molecule has 2 atom stereocenters. The van der Waals surface area contributed by atoms with Crippen LogP contribution < -0.4 is 16.3 Å². The van der Waals surface area contributed by atoms with Crippen LogP contribution >= 0.6 is 0 Å². The highest BCUT2D eigenvalue weighted by molar-refractivity contribution is 5.93. The average molecular weight is 332 g/mol. The Labute approximate surface area is 137 Å². The van der Waals surface area contributed by atoms with Crippen LogP contribution in [-0.2, 0) is 18.9 Å². The fourth-order valence-corrected chi connectivity index (χ4v) is 2.85. The second kappa shape index (κ2) is 5.15. The third kappa shape index (κ3) is 1.97. The second-order valence-electron chi connectivity index (χ2n) is 6.21. The normalized spacial score (nSPS) is 18.5. The maximum atomic E-state index is 12.7. The number of carbonyl (C=O) groups is 1. The average Bonchev–Trinajstić information content (AvgIpc) is 2.94. The molecule has 0 aliphatic carbocycles. The van der Waals surface area contributed by atoms with E-state index in [1.807, 2.05) is 13.8 Å². The third-order valence-corrected chi connectivity index (χ3v) is 4.69. The zero-order chi connectivity index (χ0) is 17.9. The van der Waals surface area contributed by atoms with Crippen LogP contribution in [0.2, 0.25) is 0 Å². The van der Waals surface area contributed by atoms with E-state index in [0.29, 0.717) is 11.5 Å². The molecule has 1 aliphatic rings. The molecule has 0 saturated carbocycles. The van der Waals surface area contributed by atoms with Gasteiger partial charge in [0.05, 0.1) is 11.8 Å². The summed E-state index contributed by atoms with van der Waals surface area (Å²) in [6.07, 6.45) is 0. The largest absolute Gasteiger partial charge is 0.332 e. The highest BCUT2D eigenvalue weighted by atomic mass is 16.2. The van der Waals surface area contributed by atoms with Gasteiger partial charge in [0.15, 0.2) is 16.9 Å². The standard InChI is InChI=1S/C15H20N6O3/c1-7-8(2)20-11-12(18(5)15(24)19(6)13(11)23)16-14(20)21(17-7)9(3)10(4)22/h8-9H,1-6H3/t8-,9+/m1/s1. The topological polar surface area (TPSA) is 94.5 Å². The monoisotopic (exact) mass is 332 g/mol. The van der Waals surface area contributed by atoms with Gasteiger partial charge in [-0.3, -0.25) is 23.3 Å². The lowest BCUT2D eigenvalue weighted by Crippen LogP contribution is -2.41. The summed E-state index contributed by atoms with van der Waals surface area (Å²) in [7, 11) is 3.01. The van der Waals surface area contributed by atoms with Crippen LogP contribution in [0.1, 0.15) is 33.7 Å². The van der Waals surface area contributed by atoms with Crippen LogP contribution in [0.25, 0.3) is 11.2 Å². The van der Waals surface area contributed by atoms with Crippen molar-refractivity contribution in [2.45, 2.75) is 39.8 Å². The van der Waals surface area contributed by atoms with E-state index < -0.39 is 17.3 Å². The molecule has 9 nitrogen and oxygen atoms in total.